The van der Waals surface area contributed by atoms with Gasteiger partial charge in [-0.3, -0.25) is 0 Å². The number of sulfonamides is 1. The molecule has 0 unspecified atom stereocenters. The number of methoxy groups -OCH3 is 2. The molecule has 0 saturated heterocycles. The van der Waals surface area contributed by atoms with E-state index in [1.807, 2.05) is 12.1 Å². The van der Waals surface area contributed by atoms with Gasteiger partial charge in [-0.25, -0.2) is 13.1 Å². The number of nitrogens with one attached hydrogen (secondary N) is 1. The summed E-state index contributed by atoms with van der Waals surface area (Å²) in [5, 5.41) is 0. The Morgan fingerprint density at radius 3 is 2.24 bits per heavy atom. The molecule has 0 aromatic heterocycles. The predicted octanol–water partition coefficient (Wildman–Crippen LogP) is 2.18. The summed E-state index contributed by atoms with van der Waals surface area (Å²) in [7, 11) is -0.598. The lowest BCUT2D eigenvalue weighted by molar-refractivity contribution is 0.402. The topological polar surface area (TPSA) is 64.6 Å². The maximum absolute atomic E-state index is 12.3. The minimum atomic E-state index is -3.62. The molecule has 0 atom stereocenters. The molecule has 0 saturated carbocycles. The number of hydrogen-bond donors (Lipinski definition) is 1. The first-order valence-corrected chi connectivity index (χ1v) is 7.81. The van der Waals surface area contributed by atoms with Crippen LogP contribution in [0.4, 0.5) is 0 Å². The van der Waals surface area contributed by atoms with E-state index in [9.17, 15) is 8.42 Å². The van der Waals surface area contributed by atoms with Crippen molar-refractivity contribution in [3.63, 3.8) is 0 Å². The van der Waals surface area contributed by atoms with Crippen LogP contribution in [0.3, 0.4) is 0 Å². The van der Waals surface area contributed by atoms with Crippen molar-refractivity contribution >= 4 is 10.0 Å². The van der Waals surface area contributed by atoms with Crippen molar-refractivity contribution in [3.05, 3.63) is 54.1 Å². The molecule has 1 N–H and O–H groups in total. The normalized spacial score (nSPS) is 11.1. The molecule has 2 rings (SSSR count). The number of ether oxygens (including phenoxy) is 2. The fourth-order valence-electron chi connectivity index (χ4n) is 1.84. The number of para-hydroxylation sites is 1. The summed E-state index contributed by atoms with van der Waals surface area (Å²) >= 11 is 0. The van der Waals surface area contributed by atoms with Gasteiger partial charge in [0.1, 0.15) is 16.4 Å². The minimum absolute atomic E-state index is 0.126. The Kier molecular flexibility index (Phi) is 4.82. The summed E-state index contributed by atoms with van der Waals surface area (Å²) in [6.45, 7) is 0.199. The Morgan fingerprint density at radius 1 is 0.952 bits per heavy atom. The first-order valence-electron chi connectivity index (χ1n) is 6.32. The highest BCUT2D eigenvalue weighted by Crippen LogP contribution is 2.22. The molecule has 2 aromatic rings. The van der Waals surface area contributed by atoms with Crippen LogP contribution in [-0.4, -0.2) is 22.6 Å². The fourth-order valence-corrected chi connectivity index (χ4v) is 3.03. The van der Waals surface area contributed by atoms with Gasteiger partial charge in [-0.05, 0) is 29.8 Å². The highest BCUT2D eigenvalue weighted by atomic mass is 32.2. The van der Waals surface area contributed by atoms with E-state index in [-0.39, 0.29) is 11.4 Å². The SMILES string of the molecule is COc1ccc(CNS(=O)(=O)c2ccccc2OC)cc1. The Balaban J connectivity index is 2.13. The van der Waals surface area contributed by atoms with Crippen molar-refractivity contribution in [2.75, 3.05) is 14.2 Å². The van der Waals surface area contributed by atoms with Gasteiger partial charge >= 0.3 is 0 Å². The molecule has 0 fully saturated rings. The van der Waals surface area contributed by atoms with Gasteiger partial charge in [-0.1, -0.05) is 24.3 Å². The van der Waals surface area contributed by atoms with E-state index in [1.165, 1.54) is 13.2 Å². The van der Waals surface area contributed by atoms with Crippen molar-refractivity contribution in [2.45, 2.75) is 11.4 Å². The third kappa shape index (κ3) is 3.74. The largest absolute Gasteiger partial charge is 0.497 e. The van der Waals surface area contributed by atoms with E-state index in [0.717, 1.165) is 11.3 Å². The highest BCUT2D eigenvalue weighted by molar-refractivity contribution is 7.89. The van der Waals surface area contributed by atoms with Crippen molar-refractivity contribution in [1.29, 1.82) is 0 Å². The average molecular weight is 307 g/mol. The Hall–Kier alpha value is -2.05. The van der Waals surface area contributed by atoms with Crippen LogP contribution in [0.5, 0.6) is 11.5 Å². The second kappa shape index (κ2) is 6.60. The lowest BCUT2D eigenvalue weighted by Crippen LogP contribution is -2.23. The van der Waals surface area contributed by atoms with E-state index in [0.29, 0.717) is 5.75 Å². The molecule has 112 valence electrons. The van der Waals surface area contributed by atoms with Crippen LogP contribution in [0.2, 0.25) is 0 Å². The van der Waals surface area contributed by atoms with Crippen LogP contribution in [0.15, 0.2) is 53.4 Å². The monoisotopic (exact) mass is 307 g/mol. The molecular weight excluding hydrogens is 290 g/mol. The van der Waals surface area contributed by atoms with E-state index in [2.05, 4.69) is 4.72 Å². The molecule has 6 heteroatoms. The first kappa shape index (κ1) is 15.3. The molecule has 0 bridgehead atoms. The lowest BCUT2D eigenvalue weighted by atomic mass is 10.2. The fraction of sp³-hybridized carbons (Fsp3) is 0.200. The molecule has 0 aliphatic heterocycles. The summed E-state index contributed by atoms with van der Waals surface area (Å²) in [4.78, 5) is 0.126. The van der Waals surface area contributed by atoms with Crippen LogP contribution in [0.25, 0.3) is 0 Å². The van der Waals surface area contributed by atoms with Crippen molar-refractivity contribution in [3.8, 4) is 11.5 Å². The Labute approximate surface area is 124 Å². The van der Waals surface area contributed by atoms with Crippen molar-refractivity contribution < 1.29 is 17.9 Å². The Morgan fingerprint density at radius 2 is 1.62 bits per heavy atom. The third-order valence-electron chi connectivity index (χ3n) is 2.98. The molecule has 0 aliphatic rings. The second-order valence-electron chi connectivity index (χ2n) is 4.32. The zero-order chi connectivity index (χ0) is 15.3. The molecule has 21 heavy (non-hydrogen) atoms. The van der Waals surface area contributed by atoms with Gasteiger partial charge in [0.05, 0.1) is 14.2 Å². The zero-order valence-electron chi connectivity index (χ0n) is 11.9. The highest BCUT2D eigenvalue weighted by Gasteiger charge is 2.18. The smallest absolute Gasteiger partial charge is 0.244 e. The van der Waals surface area contributed by atoms with Gasteiger partial charge in [0.15, 0.2) is 0 Å². The standard InChI is InChI=1S/C15H17NO4S/c1-19-13-9-7-12(8-10-13)11-16-21(17,18)15-6-4-3-5-14(15)20-2/h3-10,16H,11H2,1-2H3. The van der Waals surface area contributed by atoms with Gasteiger partial charge in [0, 0.05) is 6.54 Å². The first-order chi connectivity index (χ1) is 10.1. The molecular formula is C15H17NO4S. The number of rotatable bonds is 6. The van der Waals surface area contributed by atoms with Gasteiger partial charge in [0.2, 0.25) is 10.0 Å². The number of hydrogen-bond acceptors (Lipinski definition) is 4. The third-order valence-corrected chi connectivity index (χ3v) is 4.42. The molecule has 0 aliphatic carbocycles. The van der Waals surface area contributed by atoms with Crippen LogP contribution < -0.4 is 14.2 Å². The van der Waals surface area contributed by atoms with Crippen LogP contribution >= 0.6 is 0 Å². The molecule has 5 nitrogen and oxygen atoms in total. The molecule has 0 heterocycles. The molecule has 0 spiro atoms. The van der Waals surface area contributed by atoms with E-state index >= 15 is 0 Å². The number of benzene rings is 2. The van der Waals surface area contributed by atoms with E-state index < -0.39 is 10.0 Å². The van der Waals surface area contributed by atoms with Gasteiger partial charge < -0.3 is 9.47 Å². The maximum atomic E-state index is 12.3. The predicted molar refractivity (Wildman–Crippen MR) is 80.0 cm³/mol. The van der Waals surface area contributed by atoms with Crippen molar-refractivity contribution in [2.24, 2.45) is 0 Å². The van der Waals surface area contributed by atoms with Gasteiger partial charge in [0.25, 0.3) is 0 Å². The quantitative estimate of drug-likeness (QED) is 0.888. The van der Waals surface area contributed by atoms with Crippen LogP contribution in [0.1, 0.15) is 5.56 Å². The van der Waals surface area contributed by atoms with Gasteiger partial charge in [-0.2, -0.15) is 0 Å². The summed E-state index contributed by atoms with van der Waals surface area (Å²) in [5.74, 6) is 1.05. The van der Waals surface area contributed by atoms with Crippen LogP contribution in [0, 0.1) is 0 Å². The zero-order valence-corrected chi connectivity index (χ0v) is 12.7. The summed E-state index contributed by atoms with van der Waals surface area (Å²) in [6, 6.07) is 13.7. The summed E-state index contributed by atoms with van der Waals surface area (Å²) in [6.07, 6.45) is 0. The summed E-state index contributed by atoms with van der Waals surface area (Å²) < 4.78 is 37.3. The maximum Gasteiger partial charge on any atom is 0.244 e. The van der Waals surface area contributed by atoms with Gasteiger partial charge in [-0.15, -0.1) is 0 Å². The lowest BCUT2D eigenvalue weighted by Gasteiger charge is -2.10. The minimum Gasteiger partial charge on any atom is -0.497 e. The molecule has 2 aromatic carbocycles. The van der Waals surface area contributed by atoms with Crippen LogP contribution in [-0.2, 0) is 16.6 Å². The molecule has 0 radical (unpaired) electrons. The molecule has 0 amide bonds. The van der Waals surface area contributed by atoms with Crippen molar-refractivity contribution in [1.82, 2.24) is 4.72 Å². The van der Waals surface area contributed by atoms with E-state index in [1.54, 1.807) is 37.4 Å². The Bertz CT molecular complexity index is 696. The summed E-state index contributed by atoms with van der Waals surface area (Å²) in [5.41, 5.74) is 0.842. The second-order valence-corrected chi connectivity index (χ2v) is 6.06. The van der Waals surface area contributed by atoms with E-state index in [4.69, 9.17) is 9.47 Å². The average Bonchev–Trinajstić information content (AvgIpc) is 2.53.